The lowest BCUT2D eigenvalue weighted by Gasteiger charge is -2.07. The maximum Gasteiger partial charge on any atom is 0.260 e. The molecule has 0 bridgehead atoms. The molecule has 0 fully saturated rings. The van der Waals surface area contributed by atoms with Gasteiger partial charge in [-0.15, -0.1) is 0 Å². The molecule has 0 aliphatic carbocycles. The minimum Gasteiger partial charge on any atom is -0.389 e. The summed E-state index contributed by atoms with van der Waals surface area (Å²) in [6.45, 7) is 1.93. The van der Waals surface area contributed by atoms with Crippen LogP contribution >= 0.6 is 12.2 Å². The molecule has 1 aromatic heterocycles. The van der Waals surface area contributed by atoms with Gasteiger partial charge in [-0.2, -0.15) is 0 Å². The molecule has 1 heterocycles. The molecule has 0 saturated heterocycles. The van der Waals surface area contributed by atoms with Gasteiger partial charge in [-0.3, -0.25) is 4.79 Å². The molecule has 0 saturated carbocycles. The second-order valence-corrected chi connectivity index (χ2v) is 6.68. The van der Waals surface area contributed by atoms with Gasteiger partial charge in [0.2, 0.25) is 0 Å². The zero-order valence-corrected chi connectivity index (χ0v) is 11.8. The van der Waals surface area contributed by atoms with Gasteiger partial charge < -0.3 is 10.3 Å². The van der Waals surface area contributed by atoms with Gasteiger partial charge in [-0.25, -0.2) is 8.42 Å². The average molecular weight is 288 g/mol. The third-order valence-corrected chi connectivity index (χ3v) is 4.50. The van der Waals surface area contributed by atoms with Crippen molar-refractivity contribution in [2.75, 3.05) is 11.5 Å². The number of hydrogen-bond acceptors (Lipinski definition) is 4. The Kier molecular flexibility index (Phi) is 5.03. The van der Waals surface area contributed by atoms with E-state index in [4.69, 9.17) is 18.0 Å². The number of rotatable bonds is 6. The Labute approximate surface area is 112 Å². The van der Waals surface area contributed by atoms with Gasteiger partial charge in [-0.05, 0) is 18.6 Å². The lowest BCUT2D eigenvalue weighted by molar-refractivity contribution is 0.586. The van der Waals surface area contributed by atoms with Crippen LogP contribution in [-0.2, 0) is 16.4 Å². The molecule has 0 unspecified atom stereocenters. The number of thiocarbonyl (C=S) groups is 1. The first-order valence-electron chi connectivity index (χ1n) is 5.57. The van der Waals surface area contributed by atoms with E-state index in [-0.39, 0.29) is 34.2 Å². The van der Waals surface area contributed by atoms with Gasteiger partial charge in [0.05, 0.1) is 11.3 Å². The largest absolute Gasteiger partial charge is 0.389 e. The topological polar surface area (TPSA) is 82.2 Å². The Morgan fingerprint density at radius 1 is 1.44 bits per heavy atom. The van der Waals surface area contributed by atoms with Crippen molar-refractivity contribution in [1.29, 1.82) is 0 Å². The van der Waals surface area contributed by atoms with Crippen LogP contribution in [0.3, 0.4) is 0 Å². The highest BCUT2D eigenvalue weighted by Crippen LogP contribution is 1.97. The predicted molar refractivity (Wildman–Crippen MR) is 75.5 cm³/mol. The Balaban J connectivity index is 2.91. The summed E-state index contributed by atoms with van der Waals surface area (Å²) in [6.07, 6.45) is 2.11. The highest BCUT2D eigenvalue weighted by atomic mass is 32.2. The fraction of sp³-hybridized carbons (Fsp3) is 0.455. The first-order chi connectivity index (χ1) is 8.37. The number of aromatic nitrogens is 1. The first kappa shape index (κ1) is 14.8. The normalized spacial score (nSPS) is 11.4. The summed E-state index contributed by atoms with van der Waals surface area (Å²) < 4.78 is 24.5. The zero-order chi connectivity index (χ0) is 13.8. The van der Waals surface area contributed by atoms with Crippen LogP contribution in [0, 0.1) is 0 Å². The van der Waals surface area contributed by atoms with Crippen LogP contribution in [0.1, 0.15) is 18.9 Å². The molecule has 0 atom stereocenters. The van der Waals surface area contributed by atoms with Gasteiger partial charge in [0.15, 0.2) is 9.84 Å². The second-order valence-electron chi connectivity index (χ2n) is 3.94. The zero-order valence-electron chi connectivity index (χ0n) is 10.1. The van der Waals surface area contributed by atoms with Gasteiger partial charge in [-0.1, -0.05) is 19.1 Å². The molecule has 5 nitrogen and oxygen atoms in total. The van der Waals surface area contributed by atoms with Crippen LogP contribution in [-0.4, -0.2) is 29.5 Å². The third-order valence-electron chi connectivity index (χ3n) is 2.44. The van der Waals surface area contributed by atoms with Crippen molar-refractivity contribution >= 4 is 27.0 Å². The van der Waals surface area contributed by atoms with E-state index < -0.39 is 9.84 Å². The van der Waals surface area contributed by atoms with Crippen LogP contribution in [0.2, 0.25) is 0 Å². The molecule has 100 valence electrons. The number of nitrogens with zero attached hydrogens (tertiary/aromatic N) is 1. The van der Waals surface area contributed by atoms with Crippen LogP contribution < -0.4 is 11.3 Å². The Hall–Kier alpha value is -1.21. The standard InChI is InChI=1S/C11H16N2O3S2/c1-2-7-18(15,16)8-6-13-5-3-4-9(10(12)17)11(13)14/h3-5H,2,6-8H2,1H3,(H2,12,17). The number of hydrogen-bond donors (Lipinski definition) is 1. The molecule has 0 aliphatic rings. The summed E-state index contributed by atoms with van der Waals surface area (Å²) in [5.74, 6) is 0.0816. The fourth-order valence-electron chi connectivity index (χ4n) is 1.55. The molecule has 1 aromatic rings. The van der Waals surface area contributed by atoms with E-state index >= 15 is 0 Å². The highest BCUT2D eigenvalue weighted by molar-refractivity contribution is 7.91. The van der Waals surface area contributed by atoms with Crippen molar-refractivity contribution in [2.24, 2.45) is 5.73 Å². The molecule has 0 amide bonds. The van der Waals surface area contributed by atoms with Gasteiger partial charge in [0, 0.05) is 18.5 Å². The van der Waals surface area contributed by atoms with E-state index in [9.17, 15) is 13.2 Å². The molecule has 1 rings (SSSR count). The molecule has 7 heteroatoms. The van der Waals surface area contributed by atoms with Gasteiger partial charge in [0.25, 0.3) is 5.56 Å². The number of aryl methyl sites for hydroxylation is 1. The summed E-state index contributed by atoms with van der Waals surface area (Å²) in [4.78, 5) is 11.9. The predicted octanol–water partition coefficient (Wildman–Crippen LogP) is 0.307. The monoisotopic (exact) mass is 288 g/mol. The van der Waals surface area contributed by atoms with Crippen molar-refractivity contribution < 1.29 is 8.42 Å². The van der Waals surface area contributed by atoms with Crippen molar-refractivity contribution in [1.82, 2.24) is 4.57 Å². The maximum atomic E-state index is 11.9. The average Bonchev–Trinajstić information content (AvgIpc) is 2.27. The van der Waals surface area contributed by atoms with Crippen molar-refractivity contribution in [2.45, 2.75) is 19.9 Å². The first-order valence-corrected chi connectivity index (χ1v) is 7.80. The minimum atomic E-state index is -3.10. The molecular weight excluding hydrogens is 272 g/mol. The molecule has 18 heavy (non-hydrogen) atoms. The second kappa shape index (κ2) is 6.10. The molecule has 2 N–H and O–H groups in total. The van der Waals surface area contributed by atoms with Gasteiger partial charge >= 0.3 is 0 Å². The summed E-state index contributed by atoms with van der Waals surface area (Å²) in [5, 5.41) is 0. The number of nitrogens with two attached hydrogens (primary N) is 1. The Bertz CT molecular complexity index is 591. The van der Waals surface area contributed by atoms with E-state index in [0.29, 0.717) is 6.42 Å². The summed E-state index contributed by atoms with van der Waals surface area (Å²) in [7, 11) is -3.10. The minimum absolute atomic E-state index is 0.0192. The number of pyridine rings is 1. The number of sulfone groups is 1. The Morgan fingerprint density at radius 3 is 2.67 bits per heavy atom. The molecule has 0 aromatic carbocycles. The van der Waals surface area contributed by atoms with Crippen molar-refractivity contribution in [3.8, 4) is 0 Å². The van der Waals surface area contributed by atoms with Crippen molar-refractivity contribution in [3.05, 3.63) is 34.2 Å². The lowest BCUT2D eigenvalue weighted by atomic mass is 10.3. The summed E-state index contributed by atoms with van der Waals surface area (Å²) in [6, 6.07) is 3.16. The van der Waals surface area contributed by atoms with E-state index in [1.807, 2.05) is 0 Å². The smallest absolute Gasteiger partial charge is 0.260 e. The molecule has 0 spiro atoms. The van der Waals surface area contributed by atoms with E-state index in [0.717, 1.165) is 0 Å². The third kappa shape index (κ3) is 3.92. The maximum absolute atomic E-state index is 11.9. The van der Waals surface area contributed by atoms with E-state index in [1.54, 1.807) is 13.0 Å². The molecule has 0 radical (unpaired) electrons. The summed E-state index contributed by atoms with van der Waals surface area (Å²) >= 11 is 4.75. The molecule has 0 aliphatic heterocycles. The van der Waals surface area contributed by atoms with Gasteiger partial charge in [0.1, 0.15) is 4.99 Å². The van der Waals surface area contributed by atoms with Crippen molar-refractivity contribution in [3.63, 3.8) is 0 Å². The van der Waals surface area contributed by atoms with Crippen LogP contribution in [0.15, 0.2) is 23.1 Å². The van der Waals surface area contributed by atoms with E-state index in [1.165, 1.54) is 16.8 Å². The summed E-state index contributed by atoms with van der Waals surface area (Å²) in [5.41, 5.74) is 5.30. The van der Waals surface area contributed by atoms with Crippen LogP contribution in [0.5, 0.6) is 0 Å². The Morgan fingerprint density at radius 2 is 2.11 bits per heavy atom. The van der Waals surface area contributed by atoms with Crippen LogP contribution in [0.4, 0.5) is 0 Å². The lowest BCUT2D eigenvalue weighted by Crippen LogP contribution is -2.30. The molecular formula is C11H16N2O3S2. The van der Waals surface area contributed by atoms with Crippen LogP contribution in [0.25, 0.3) is 0 Å². The quantitative estimate of drug-likeness (QED) is 0.762. The SMILES string of the molecule is CCCS(=O)(=O)CCn1cccc(C(N)=S)c1=O. The fourth-order valence-corrected chi connectivity index (χ4v) is 3.01. The highest BCUT2D eigenvalue weighted by Gasteiger charge is 2.11. The van der Waals surface area contributed by atoms with E-state index in [2.05, 4.69) is 0 Å².